The molecular formula is C10H16Cl2N2. The van der Waals surface area contributed by atoms with E-state index < -0.39 is 0 Å². The number of anilines is 1. The largest absolute Gasteiger partial charge is 0.399 e. The summed E-state index contributed by atoms with van der Waals surface area (Å²) in [5, 5.41) is 0. The molecule has 0 amide bonds. The molecular weight excluding hydrogens is 219 g/mol. The summed E-state index contributed by atoms with van der Waals surface area (Å²) in [5.41, 5.74) is 15.2. The van der Waals surface area contributed by atoms with E-state index in [1.54, 1.807) is 0 Å². The van der Waals surface area contributed by atoms with Gasteiger partial charge in [0.1, 0.15) is 0 Å². The zero-order valence-corrected chi connectivity index (χ0v) is 9.53. The third-order valence-corrected chi connectivity index (χ3v) is 2.50. The van der Waals surface area contributed by atoms with Gasteiger partial charge < -0.3 is 11.5 Å². The summed E-state index contributed by atoms with van der Waals surface area (Å²) in [5.74, 6) is 0. The first-order valence-electron chi connectivity index (χ1n) is 4.38. The summed E-state index contributed by atoms with van der Waals surface area (Å²) in [7, 11) is 0. The van der Waals surface area contributed by atoms with Crippen molar-refractivity contribution >= 4 is 30.5 Å². The molecule has 1 unspecified atom stereocenters. The van der Waals surface area contributed by atoms with Crippen LogP contribution >= 0.6 is 24.8 Å². The van der Waals surface area contributed by atoms with E-state index in [0.29, 0.717) is 6.04 Å². The summed E-state index contributed by atoms with van der Waals surface area (Å²) in [4.78, 5) is 0. The zero-order chi connectivity index (χ0) is 8.55. The average molecular weight is 235 g/mol. The zero-order valence-electron chi connectivity index (χ0n) is 7.90. The number of benzene rings is 1. The van der Waals surface area contributed by atoms with E-state index in [1.807, 2.05) is 6.07 Å². The van der Waals surface area contributed by atoms with Crippen LogP contribution in [0.25, 0.3) is 0 Å². The molecule has 4 N–H and O–H groups in total. The molecule has 0 spiro atoms. The molecule has 2 rings (SSSR count). The second-order valence-electron chi connectivity index (χ2n) is 3.53. The third-order valence-electron chi connectivity index (χ3n) is 2.50. The summed E-state index contributed by atoms with van der Waals surface area (Å²) >= 11 is 0. The normalized spacial score (nSPS) is 18.8. The Balaban J connectivity index is 0.000000845. The summed E-state index contributed by atoms with van der Waals surface area (Å²) < 4.78 is 0. The van der Waals surface area contributed by atoms with Crippen LogP contribution in [-0.4, -0.2) is 6.04 Å². The molecule has 4 heteroatoms. The predicted molar refractivity (Wildman–Crippen MR) is 65.4 cm³/mol. The van der Waals surface area contributed by atoms with Crippen LogP contribution in [0.1, 0.15) is 17.5 Å². The van der Waals surface area contributed by atoms with Gasteiger partial charge in [0.2, 0.25) is 0 Å². The van der Waals surface area contributed by atoms with Crippen molar-refractivity contribution in [2.45, 2.75) is 25.3 Å². The fourth-order valence-electron chi connectivity index (χ4n) is 1.80. The number of nitrogen functional groups attached to an aromatic ring is 1. The lowest BCUT2D eigenvalue weighted by molar-refractivity contribution is 0.577. The van der Waals surface area contributed by atoms with Gasteiger partial charge >= 0.3 is 0 Å². The Bertz CT molecular complexity index is 302. The van der Waals surface area contributed by atoms with Gasteiger partial charge in [-0.05, 0) is 42.5 Å². The van der Waals surface area contributed by atoms with Crippen molar-refractivity contribution in [1.82, 2.24) is 0 Å². The molecule has 0 bridgehead atoms. The maximum atomic E-state index is 5.86. The van der Waals surface area contributed by atoms with Crippen LogP contribution in [-0.2, 0) is 12.8 Å². The highest BCUT2D eigenvalue weighted by Gasteiger charge is 2.14. The summed E-state index contributed by atoms with van der Waals surface area (Å²) in [6.45, 7) is 0. The first-order chi connectivity index (χ1) is 5.75. The van der Waals surface area contributed by atoms with Crippen molar-refractivity contribution in [2.24, 2.45) is 5.73 Å². The number of nitrogens with two attached hydrogens (primary N) is 2. The van der Waals surface area contributed by atoms with E-state index in [1.165, 1.54) is 11.1 Å². The number of hydrogen-bond donors (Lipinski definition) is 2. The van der Waals surface area contributed by atoms with Gasteiger partial charge in [0.15, 0.2) is 0 Å². The van der Waals surface area contributed by atoms with Crippen LogP contribution in [0.15, 0.2) is 18.2 Å². The Morgan fingerprint density at radius 1 is 1.14 bits per heavy atom. The maximum Gasteiger partial charge on any atom is 0.0316 e. The fourth-order valence-corrected chi connectivity index (χ4v) is 1.80. The van der Waals surface area contributed by atoms with Gasteiger partial charge in [-0.25, -0.2) is 0 Å². The molecule has 0 saturated heterocycles. The summed E-state index contributed by atoms with van der Waals surface area (Å²) in [6, 6.07) is 6.48. The molecule has 0 aliphatic heterocycles. The van der Waals surface area contributed by atoms with Gasteiger partial charge in [0, 0.05) is 11.7 Å². The highest BCUT2D eigenvalue weighted by Crippen LogP contribution is 2.22. The second-order valence-corrected chi connectivity index (χ2v) is 3.53. The van der Waals surface area contributed by atoms with Gasteiger partial charge in [0.05, 0.1) is 0 Å². The van der Waals surface area contributed by atoms with Crippen LogP contribution in [0.3, 0.4) is 0 Å². The maximum absolute atomic E-state index is 5.86. The van der Waals surface area contributed by atoms with E-state index in [0.717, 1.165) is 24.9 Å². The smallest absolute Gasteiger partial charge is 0.0316 e. The van der Waals surface area contributed by atoms with E-state index in [9.17, 15) is 0 Å². The van der Waals surface area contributed by atoms with Crippen molar-refractivity contribution in [3.05, 3.63) is 29.3 Å². The van der Waals surface area contributed by atoms with Crippen LogP contribution in [0.2, 0.25) is 0 Å². The Hall–Kier alpha value is -0.440. The van der Waals surface area contributed by atoms with Crippen LogP contribution < -0.4 is 11.5 Å². The minimum Gasteiger partial charge on any atom is -0.399 e. The number of rotatable bonds is 0. The number of aryl methyl sites for hydroxylation is 1. The van der Waals surface area contributed by atoms with Gasteiger partial charge in [0.25, 0.3) is 0 Å². The van der Waals surface area contributed by atoms with Gasteiger partial charge in [-0.2, -0.15) is 0 Å². The fraction of sp³-hybridized carbons (Fsp3) is 0.400. The number of halogens is 2. The Labute approximate surface area is 96.9 Å². The van der Waals surface area contributed by atoms with E-state index in [4.69, 9.17) is 11.5 Å². The Kier molecular flexibility index (Phi) is 5.27. The van der Waals surface area contributed by atoms with Crippen LogP contribution in [0.4, 0.5) is 5.69 Å². The lowest BCUT2D eigenvalue weighted by atomic mass is 9.88. The van der Waals surface area contributed by atoms with E-state index in [-0.39, 0.29) is 24.8 Å². The average Bonchev–Trinajstić information content (AvgIpc) is 2.05. The highest BCUT2D eigenvalue weighted by molar-refractivity contribution is 5.85. The standard InChI is InChI=1S/C10H14N2.2ClH/c11-9-3-1-7-5-10(12)4-2-8(7)6-9;;/h1,3,6,10H,2,4-5,11-12H2;2*1H. The first kappa shape index (κ1) is 13.6. The quantitative estimate of drug-likeness (QED) is 0.675. The molecule has 2 nitrogen and oxygen atoms in total. The van der Waals surface area contributed by atoms with Crippen LogP contribution in [0.5, 0.6) is 0 Å². The van der Waals surface area contributed by atoms with Crippen molar-refractivity contribution in [3.63, 3.8) is 0 Å². The minimum absolute atomic E-state index is 0. The molecule has 0 fully saturated rings. The van der Waals surface area contributed by atoms with Crippen molar-refractivity contribution in [1.29, 1.82) is 0 Å². The molecule has 1 aliphatic rings. The molecule has 1 aromatic carbocycles. The lowest BCUT2D eigenvalue weighted by Gasteiger charge is -2.21. The minimum atomic E-state index is 0. The number of fused-ring (bicyclic) bond motifs is 1. The number of hydrogen-bond acceptors (Lipinski definition) is 2. The third kappa shape index (κ3) is 2.77. The van der Waals surface area contributed by atoms with Crippen LogP contribution in [0, 0.1) is 0 Å². The Morgan fingerprint density at radius 3 is 2.57 bits per heavy atom. The Morgan fingerprint density at radius 2 is 1.86 bits per heavy atom. The monoisotopic (exact) mass is 234 g/mol. The van der Waals surface area contributed by atoms with Crippen molar-refractivity contribution < 1.29 is 0 Å². The molecule has 1 atom stereocenters. The van der Waals surface area contributed by atoms with E-state index >= 15 is 0 Å². The molecule has 14 heavy (non-hydrogen) atoms. The molecule has 80 valence electrons. The second kappa shape index (κ2) is 5.44. The predicted octanol–water partition coefficient (Wildman–Crippen LogP) is 1.93. The van der Waals surface area contributed by atoms with Crippen molar-refractivity contribution in [3.8, 4) is 0 Å². The molecule has 1 aromatic rings. The van der Waals surface area contributed by atoms with Gasteiger partial charge in [-0.3, -0.25) is 0 Å². The highest BCUT2D eigenvalue weighted by atomic mass is 35.5. The van der Waals surface area contributed by atoms with Crippen molar-refractivity contribution in [2.75, 3.05) is 5.73 Å². The molecule has 0 radical (unpaired) electrons. The molecule has 0 saturated carbocycles. The topological polar surface area (TPSA) is 52.0 Å². The lowest BCUT2D eigenvalue weighted by Crippen LogP contribution is -2.27. The summed E-state index contributed by atoms with van der Waals surface area (Å²) in [6.07, 6.45) is 3.19. The molecule has 0 heterocycles. The molecule has 1 aliphatic carbocycles. The van der Waals surface area contributed by atoms with E-state index in [2.05, 4.69) is 12.1 Å². The first-order valence-corrected chi connectivity index (χ1v) is 4.38. The van der Waals surface area contributed by atoms with Gasteiger partial charge in [-0.15, -0.1) is 24.8 Å². The molecule has 0 aromatic heterocycles. The SMILES string of the molecule is Cl.Cl.Nc1ccc2c(c1)CCC(N)C2. The van der Waals surface area contributed by atoms with Gasteiger partial charge in [-0.1, -0.05) is 6.07 Å².